The third kappa shape index (κ3) is 6.14. The summed E-state index contributed by atoms with van der Waals surface area (Å²) in [5.74, 6) is 0.151. The summed E-state index contributed by atoms with van der Waals surface area (Å²) >= 11 is 0. The van der Waals surface area contributed by atoms with E-state index >= 15 is 0 Å². The SMILES string of the molecule is CC(C)CN(CCN(C)C)Cc1ccc(C(N)=O)cc1N. The number of primary amides is 1. The summed E-state index contributed by atoms with van der Waals surface area (Å²) in [6.45, 7) is 8.22. The van der Waals surface area contributed by atoms with E-state index in [0.717, 1.165) is 31.7 Å². The zero-order valence-electron chi connectivity index (χ0n) is 13.6. The van der Waals surface area contributed by atoms with Crippen molar-refractivity contribution in [2.24, 2.45) is 11.7 Å². The van der Waals surface area contributed by atoms with Crippen LogP contribution in [0.3, 0.4) is 0 Å². The molecule has 0 unspecified atom stereocenters. The monoisotopic (exact) mass is 292 g/mol. The number of rotatable bonds is 8. The molecule has 1 amide bonds. The average Bonchev–Trinajstić information content (AvgIpc) is 2.37. The highest BCUT2D eigenvalue weighted by atomic mass is 16.1. The third-order valence-electron chi connectivity index (χ3n) is 3.31. The molecule has 118 valence electrons. The van der Waals surface area contributed by atoms with Gasteiger partial charge in [0.15, 0.2) is 0 Å². The van der Waals surface area contributed by atoms with Gasteiger partial charge in [-0.3, -0.25) is 9.69 Å². The number of nitrogens with zero attached hydrogens (tertiary/aromatic N) is 2. The maximum atomic E-state index is 11.2. The van der Waals surface area contributed by atoms with Crippen molar-refractivity contribution in [3.05, 3.63) is 29.3 Å². The quantitative estimate of drug-likeness (QED) is 0.710. The smallest absolute Gasteiger partial charge is 0.248 e. The Labute approximate surface area is 127 Å². The first-order valence-corrected chi connectivity index (χ1v) is 7.35. The lowest BCUT2D eigenvalue weighted by Gasteiger charge is -2.26. The largest absolute Gasteiger partial charge is 0.398 e. The first-order valence-electron chi connectivity index (χ1n) is 7.35. The molecule has 0 saturated heterocycles. The molecular weight excluding hydrogens is 264 g/mol. The molecule has 0 aliphatic heterocycles. The second kappa shape index (κ2) is 8.00. The number of hydrogen-bond acceptors (Lipinski definition) is 4. The minimum absolute atomic E-state index is 0.445. The summed E-state index contributed by atoms with van der Waals surface area (Å²) in [7, 11) is 4.15. The zero-order chi connectivity index (χ0) is 16.0. The number of nitrogen functional groups attached to an aromatic ring is 1. The Morgan fingerprint density at radius 3 is 2.38 bits per heavy atom. The molecule has 0 fully saturated rings. The van der Waals surface area contributed by atoms with Gasteiger partial charge >= 0.3 is 0 Å². The van der Waals surface area contributed by atoms with Crippen molar-refractivity contribution in [2.45, 2.75) is 20.4 Å². The van der Waals surface area contributed by atoms with Gasteiger partial charge in [-0.2, -0.15) is 0 Å². The van der Waals surface area contributed by atoms with Crippen LogP contribution >= 0.6 is 0 Å². The molecule has 0 bridgehead atoms. The van der Waals surface area contributed by atoms with E-state index in [-0.39, 0.29) is 0 Å². The van der Waals surface area contributed by atoms with Crippen molar-refractivity contribution in [2.75, 3.05) is 39.5 Å². The summed E-state index contributed by atoms with van der Waals surface area (Å²) in [6.07, 6.45) is 0. The molecule has 5 heteroatoms. The van der Waals surface area contributed by atoms with Crippen molar-refractivity contribution < 1.29 is 4.79 Å². The number of carbonyl (C=O) groups excluding carboxylic acids is 1. The number of hydrogen-bond donors (Lipinski definition) is 2. The van der Waals surface area contributed by atoms with Crippen LogP contribution in [-0.2, 0) is 6.54 Å². The van der Waals surface area contributed by atoms with Crippen LogP contribution in [0.5, 0.6) is 0 Å². The zero-order valence-corrected chi connectivity index (χ0v) is 13.6. The molecule has 0 aromatic heterocycles. The third-order valence-corrected chi connectivity index (χ3v) is 3.31. The normalized spacial score (nSPS) is 11.6. The Balaban J connectivity index is 2.79. The van der Waals surface area contributed by atoms with Crippen LogP contribution in [0.1, 0.15) is 29.8 Å². The number of anilines is 1. The number of nitrogens with two attached hydrogens (primary N) is 2. The van der Waals surface area contributed by atoms with Crippen LogP contribution in [-0.4, -0.2) is 49.4 Å². The van der Waals surface area contributed by atoms with E-state index in [1.54, 1.807) is 12.1 Å². The van der Waals surface area contributed by atoms with E-state index in [4.69, 9.17) is 11.5 Å². The number of carbonyl (C=O) groups is 1. The Kier molecular flexibility index (Phi) is 6.65. The van der Waals surface area contributed by atoms with Gasteiger partial charge in [0.05, 0.1) is 0 Å². The molecule has 1 rings (SSSR count). The Hall–Kier alpha value is -1.59. The van der Waals surface area contributed by atoms with Gasteiger partial charge < -0.3 is 16.4 Å². The molecule has 0 atom stereocenters. The second-order valence-electron chi connectivity index (χ2n) is 6.21. The minimum atomic E-state index is -0.445. The van der Waals surface area contributed by atoms with E-state index in [0.29, 0.717) is 17.2 Å². The second-order valence-corrected chi connectivity index (χ2v) is 6.21. The van der Waals surface area contributed by atoms with E-state index in [2.05, 4.69) is 37.7 Å². The van der Waals surface area contributed by atoms with Crippen LogP contribution in [0.25, 0.3) is 0 Å². The van der Waals surface area contributed by atoms with E-state index in [1.807, 2.05) is 6.07 Å². The lowest BCUT2D eigenvalue weighted by atomic mass is 10.1. The first kappa shape index (κ1) is 17.5. The Morgan fingerprint density at radius 1 is 1.24 bits per heavy atom. The van der Waals surface area contributed by atoms with Crippen LogP contribution in [0.4, 0.5) is 5.69 Å². The minimum Gasteiger partial charge on any atom is -0.398 e. The van der Waals surface area contributed by atoms with Crippen LogP contribution in [0.2, 0.25) is 0 Å². The van der Waals surface area contributed by atoms with Gasteiger partial charge in [-0.1, -0.05) is 19.9 Å². The molecule has 21 heavy (non-hydrogen) atoms. The van der Waals surface area contributed by atoms with E-state index in [1.165, 1.54) is 0 Å². The Bertz CT molecular complexity index is 471. The maximum Gasteiger partial charge on any atom is 0.248 e. The number of amides is 1. The molecule has 4 N–H and O–H groups in total. The Morgan fingerprint density at radius 2 is 1.90 bits per heavy atom. The lowest BCUT2D eigenvalue weighted by Crippen LogP contribution is -2.34. The molecule has 0 radical (unpaired) electrons. The molecule has 1 aromatic rings. The van der Waals surface area contributed by atoms with Crippen molar-refractivity contribution >= 4 is 11.6 Å². The van der Waals surface area contributed by atoms with Gasteiger partial charge in [0.25, 0.3) is 0 Å². The van der Waals surface area contributed by atoms with Gasteiger partial charge in [0.2, 0.25) is 5.91 Å². The van der Waals surface area contributed by atoms with Crippen molar-refractivity contribution in [3.8, 4) is 0 Å². The highest BCUT2D eigenvalue weighted by Crippen LogP contribution is 2.17. The molecular formula is C16H28N4O. The molecule has 0 heterocycles. The fourth-order valence-corrected chi connectivity index (χ4v) is 2.23. The van der Waals surface area contributed by atoms with Gasteiger partial charge in [0, 0.05) is 37.4 Å². The van der Waals surface area contributed by atoms with Gasteiger partial charge in [-0.05, 0) is 37.7 Å². The fourth-order valence-electron chi connectivity index (χ4n) is 2.23. The summed E-state index contributed by atoms with van der Waals surface area (Å²) in [6, 6.07) is 5.31. The van der Waals surface area contributed by atoms with Crippen LogP contribution < -0.4 is 11.5 Å². The number of benzene rings is 1. The summed E-state index contributed by atoms with van der Waals surface area (Å²) in [4.78, 5) is 15.7. The molecule has 5 nitrogen and oxygen atoms in total. The lowest BCUT2D eigenvalue weighted by molar-refractivity contribution is 0.100. The molecule has 0 spiro atoms. The van der Waals surface area contributed by atoms with Crippen LogP contribution in [0.15, 0.2) is 18.2 Å². The summed E-state index contributed by atoms with van der Waals surface area (Å²) in [5, 5.41) is 0. The molecule has 0 saturated carbocycles. The van der Waals surface area contributed by atoms with Crippen molar-refractivity contribution in [1.29, 1.82) is 0 Å². The standard InChI is InChI=1S/C16H28N4O/c1-12(2)10-20(8-7-19(3)4)11-14-6-5-13(16(18)21)9-15(14)17/h5-6,9,12H,7-8,10-11,17H2,1-4H3,(H2,18,21). The maximum absolute atomic E-state index is 11.2. The van der Waals surface area contributed by atoms with Crippen molar-refractivity contribution in [3.63, 3.8) is 0 Å². The topological polar surface area (TPSA) is 75.6 Å². The number of likely N-dealkylation sites (N-methyl/N-ethyl adjacent to an activating group) is 1. The predicted molar refractivity (Wildman–Crippen MR) is 88.0 cm³/mol. The van der Waals surface area contributed by atoms with E-state index < -0.39 is 5.91 Å². The predicted octanol–water partition coefficient (Wildman–Crippen LogP) is 1.39. The summed E-state index contributed by atoms with van der Waals surface area (Å²) in [5.41, 5.74) is 13.4. The van der Waals surface area contributed by atoms with Crippen molar-refractivity contribution in [1.82, 2.24) is 9.80 Å². The first-order chi connectivity index (χ1) is 9.79. The van der Waals surface area contributed by atoms with E-state index in [9.17, 15) is 4.79 Å². The highest BCUT2D eigenvalue weighted by Gasteiger charge is 2.12. The van der Waals surface area contributed by atoms with Gasteiger partial charge in [-0.25, -0.2) is 0 Å². The molecule has 0 aliphatic carbocycles. The fraction of sp³-hybridized carbons (Fsp3) is 0.562. The van der Waals surface area contributed by atoms with Gasteiger partial charge in [-0.15, -0.1) is 0 Å². The molecule has 1 aromatic carbocycles. The average molecular weight is 292 g/mol. The van der Waals surface area contributed by atoms with Crippen LogP contribution in [0, 0.1) is 5.92 Å². The van der Waals surface area contributed by atoms with Gasteiger partial charge in [0.1, 0.15) is 0 Å². The molecule has 0 aliphatic rings. The highest BCUT2D eigenvalue weighted by molar-refractivity contribution is 5.93. The summed E-state index contributed by atoms with van der Waals surface area (Å²) < 4.78 is 0.